The first kappa shape index (κ1) is 10.5. The second-order valence-electron chi connectivity index (χ2n) is 2.44. The molecule has 0 aliphatic carbocycles. The molecular formula is C9H10FNO3. The first-order valence-corrected chi connectivity index (χ1v) is 3.89. The predicted molar refractivity (Wildman–Crippen MR) is 47.4 cm³/mol. The van der Waals surface area contributed by atoms with E-state index in [9.17, 15) is 9.18 Å². The molecule has 5 heteroatoms. The fourth-order valence-corrected chi connectivity index (χ4v) is 0.957. The van der Waals surface area contributed by atoms with E-state index in [0.717, 1.165) is 6.07 Å². The normalized spacial score (nSPS) is 9.64. The van der Waals surface area contributed by atoms with E-state index < -0.39 is 11.8 Å². The van der Waals surface area contributed by atoms with Crippen LogP contribution in [-0.4, -0.2) is 19.8 Å². The van der Waals surface area contributed by atoms with Gasteiger partial charge in [0, 0.05) is 0 Å². The lowest BCUT2D eigenvalue weighted by molar-refractivity contribution is 0.0595. The van der Waals surface area contributed by atoms with E-state index >= 15 is 0 Å². The topological polar surface area (TPSA) is 61.5 Å². The van der Waals surface area contributed by atoms with E-state index in [1.807, 2.05) is 0 Å². The summed E-state index contributed by atoms with van der Waals surface area (Å²) in [5.41, 5.74) is 4.96. The van der Waals surface area contributed by atoms with Gasteiger partial charge in [0.15, 0.2) is 0 Å². The lowest BCUT2D eigenvalue weighted by Crippen LogP contribution is -2.09. The van der Waals surface area contributed by atoms with Crippen LogP contribution in [0.25, 0.3) is 0 Å². The number of nitrogens with two attached hydrogens (primary N) is 1. The summed E-state index contributed by atoms with van der Waals surface area (Å²) in [6.07, 6.45) is 0. The standard InChI is InChI=1S/C9H10FNO3/c1-13-9(12)7-4-6(14-5-11)2-3-8(7)10/h2-4H,5,11H2,1H3. The van der Waals surface area contributed by atoms with Crippen molar-refractivity contribution in [2.45, 2.75) is 0 Å². The molecule has 14 heavy (non-hydrogen) atoms. The lowest BCUT2D eigenvalue weighted by atomic mass is 10.2. The Morgan fingerprint density at radius 2 is 2.29 bits per heavy atom. The molecule has 4 nitrogen and oxygen atoms in total. The summed E-state index contributed by atoms with van der Waals surface area (Å²) in [5, 5.41) is 0. The number of rotatable bonds is 3. The van der Waals surface area contributed by atoms with Crippen molar-refractivity contribution in [1.29, 1.82) is 0 Å². The third-order valence-corrected chi connectivity index (χ3v) is 1.59. The van der Waals surface area contributed by atoms with Gasteiger partial charge in [-0.05, 0) is 18.2 Å². The molecule has 2 N–H and O–H groups in total. The summed E-state index contributed by atoms with van der Waals surface area (Å²) >= 11 is 0. The average Bonchev–Trinajstić information content (AvgIpc) is 2.20. The van der Waals surface area contributed by atoms with Crippen molar-refractivity contribution in [2.24, 2.45) is 5.73 Å². The number of hydrogen-bond acceptors (Lipinski definition) is 4. The third-order valence-electron chi connectivity index (χ3n) is 1.59. The first-order chi connectivity index (χ1) is 6.69. The van der Waals surface area contributed by atoms with Gasteiger partial charge in [-0.3, -0.25) is 5.73 Å². The van der Waals surface area contributed by atoms with Gasteiger partial charge in [-0.15, -0.1) is 0 Å². The van der Waals surface area contributed by atoms with Crippen LogP contribution in [0.15, 0.2) is 18.2 Å². The largest absolute Gasteiger partial charge is 0.479 e. The summed E-state index contributed by atoms with van der Waals surface area (Å²) in [7, 11) is 1.18. The van der Waals surface area contributed by atoms with Gasteiger partial charge in [-0.2, -0.15) is 0 Å². The first-order valence-electron chi connectivity index (χ1n) is 3.89. The zero-order chi connectivity index (χ0) is 10.6. The number of methoxy groups -OCH3 is 1. The second kappa shape index (κ2) is 4.57. The van der Waals surface area contributed by atoms with Crippen LogP contribution >= 0.6 is 0 Å². The van der Waals surface area contributed by atoms with E-state index in [-0.39, 0.29) is 12.3 Å². The molecule has 0 fully saturated rings. The molecular weight excluding hydrogens is 189 g/mol. The Morgan fingerprint density at radius 3 is 2.86 bits per heavy atom. The van der Waals surface area contributed by atoms with Crippen LogP contribution in [0.4, 0.5) is 4.39 Å². The molecule has 0 heterocycles. The summed E-state index contributed by atoms with van der Waals surface area (Å²) in [6, 6.07) is 3.75. The highest BCUT2D eigenvalue weighted by Crippen LogP contribution is 2.17. The minimum absolute atomic E-state index is 0.0355. The van der Waals surface area contributed by atoms with E-state index in [4.69, 9.17) is 10.5 Å². The Balaban J connectivity index is 3.01. The number of halogens is 1. The Hall–Kier alpha value is -1.62. The zero-order valence-corrected chi connectivity index (χ0v) is 7.62. The molecule has 0 unspecified atom stereocenters. The molecule has 1 aromatic rings. The van der Waals surface area contributed by atoms with Gasteiger partial charge in [-0.25, -0.2) is 9.18 Å². The zero-order valence-electron chi connectivity index (χ0n) is 7.62. The van der Waals surface area contributed by atoms with Gasteiger partial charge in [0.1, 0.15) is 18.3 Å². The fourth-order valence-electron chi connectivity index (χ4n) is 0.957. The SMILES string of the molecule is COC(=O)c1cc(OCN)ccc1F. The smallest absolute Gasteiger partial charge is 0.340 e. The molecule has 0 saturated heterocycles. The van der Waals surface area contributed by atoms with Crippen LogP contribution < -0.4 is 10.5 Å². The van der Waals surface area contributed by atoms with Gasteiger partial charge in [0.2, 0.25) is 0 Å². The van der Waals surface area contributed by atoms with Gasteiger partial charge >= 0.3 is 5.97 Å². The monoisotopic (exact) mass is 199 g/mol. The molecule has 0 radical (unpaired) electrons. The minimum atomic E-state index is -0.745. The molecule has 1 rings (SSSR count). The summed E-state index contributed by atoms with van der Waals surface area (Å²) in [4.78, 5) is 11.0. The van der Waals surface area contributed by atoms with Crippen molar-refractivity contribution in [3.8, 4) is 5.75 Å². The van der Waals surface area contributed by atoms with Crippen molar-refractivity contribution in [3.05, 3.63) is 29.6 Å². The van der Waals surface area contributed by atoms with Crippen LogP contribution in [0.1, 0.15) is 10.4 Å². The Kier molecular flexibility index (Phi) is 3.41. The van der Waals surface area contributed by atoms with E-state index in [2.05, 4.69) is 4.74 Å². The van der Waals surface area contributed by atoms with Crippen molar-refractivity contribution < 1.29 is 18.7 Å². The molecule has 0 bridgehead atoms. The van der Waals surface area contributed by atoms with Crippen molar-refractivity contribution in [3.63, 3.8) is 0 Å². The maximum Gasteiger partial charge on any atom is 0.340 e. The highest BCUT2D eigenvalue weighted by Gasteiger charge is 2.12. The van der Waals surface area contributed by atoms with Crippen LogP contribution in [-0.2, 0) is 4.74 Å². The minimum Gasteiger partial charge on any atom is -0.479 e. The molecule has 76 valence electrons. The summed E-state index contributed by atoms with van der Waals surface area (Å²) in [5.74, 6) is -1.07. The maximum atomic E-state index is 13.1. The highest BCUT2D eigenvalue weighted by atomic mass is 19.1. The van der Waals surface area contributed by atoms with Gasteiger partial charge in [0.05, 0.1) is 12.7 Å². The van der Waals surface area contributed by atoms with Crippen molar-refractivity contribution in [1.82, 2.24) is 0 Å². The van der Waals surface area contributed by atoms with E-state index in [1.165, 1.54) is 19.2 Å². The van der Waals surface area contributed by atoms with Crippen LogP contribution in [0, 0.1) is 5.82 Å². The van der Waals surface area contributed by atoms with Crippen molar-refractivity contribution in [2.75, 3.05) is 13.8 Å². The van der Waals surface area contributed by atoms with Gasteiger partial charge in [0.25, 0.3) is 0 Å². The molecule has 0 saturated carbocycles. The van der Waals surface area contributed by atoms with E-state index in [0.29, 0.717) is 5.75 Å². The predicted octanol–water partition coefficient (Wildman–Crippen LogP) is 0.907. The Bertz CT molecular complexity index is 341. The van der Waals surface area contributed by atoms with Crippen molar-refractivity contribution >= 4 is 5.97 Å². The van der Waals surface area contributed by atoms with E-state index in [1.54, 1.807) is 0 Å². The number of ether oxygens (including phenoxy) is 2. The summed E-state index contributed by atoms with van der Waals surface area (Å²) < 4.78 is 22.3. The summed E-state index contributed by atoms with van der Waals surface area (Å²) in [6.45, 7) is -0.0355. The maximum absolute atomic E-state index is 13.1. The van der Waals surface area contributed by atoms with Crippen LogP contribution in [0.5, 0.6) is 5.75 Å². The number of esters is 1. The molecule has 0 aromatic heterocycles. The number of carbonyl (C=O) groups is 1. The number of carbonyl (C=O) groups excluding carboxylic acids is 1. The van der Waals surface area contributed by atoms with Crippen LogP contribution in [0.2, 0.25) is 0 Å². The Labute approximate surface area is 80.4 Å². The molecule has 0 amide bonds. The highest BCUT2D eigenvalue weighted by molar-refractivity contribution is 5.90. The molecule has 0 aliphatic heterocycles. The average molecular weight is 199 g/mol. The molecule has 0 aliphatic rings. The quantitative estimate of drug-likeness (QED) is 0.580. The molecule has 1 aromatic carbocycles. The third kappa shape index (κ3) is 2.20. The molecule has 0 atom stereocenters. The number of hydrogen-bond donors (Lipinski definition) is 1. The molecule has 0 spiro atoms. The van der Waals surface area contributed by atoms with Gasteiger partial charge < -0.3 is 9.47 Å². The number of benzene rings is 1. The fraction of sp³-hybridized carbons (Fsp3) is 0.222. The van der Waals surface area contributed by atoms with Crippen LogP contribution in [0.3, 0.4) is 0 Å². The second-order valence-corrected chi connectivity index (χ2v) is 2.44. The Morgan fingerprint density at radius 1 is 1.57 bits per heavy atom. The van der Waals surface area contributed by atoms with Gasteiger partial charge in [-0.1, -0.05) is 0 Å². The lowest BCUT2D eigenvalue weighted by Gasteiger charge is -2.05.